The third-order valence-electron chi connectivity index (χ3n) is 5.71. The van der Waals surface area contributed by atoms with Gasteiger partial charge in [0, 0.05) is 30.9 Å². The van der Waals surface area contributed by atoms with Crippen LogP contribution in [0.5, 0.6) is 0 Å². The number of likely N-dealkylation sites (tertiary alicyclic amines) is 1. The third kappa shape index (κ3) is 3.50. The lowest BCUT2D eigenvalue weighted by atomic mass is 9.97. The number of aromatic nitrogens is 2. The standard InChI is InChI=1S/C19H23N3O4S/c23-15(21-8-5-12(6-9-21)19(25)26)7-10-22-11-20-17-16(18(22)24)13-3-1-2-4-14(13)27-17/h11-12H,1-10H2,(H,25,26). The average molecular weight is 389 g/mol. The molecule has 1 N–H and O–H groups in total. The van der Waals surface area contributed by atoms with Crippen LogP contribution in [0.4, 0.5) is 0 Å². The van der Waals surface area contributed by atoms with Crippen LogP contribution in [0.15, 0.2) is 11.1 Å². The molecule has 0 unspecified atom stereocenters. The minimum Gasteiger partial charge on any atom is -0.481 e. The van der Waals surface area contributed by atoms with Crippen molar-refractivity contribution in [1.82, 2.24) is 14.5 Å². The summed E-state index contributed by atoms with van der Waals surface area (Å²) in [6.45, 7) is 1.25. The number of carboxylic acids is 1. The van der Waals surface area contributed by atoms with Crippen molar-refractivity contribution in [3.63, 3.8) is 0 Å². The summed E-state index contributed by atoms with van der Waals surface area (Å²) in [6.07, 6.45) is 7.02. The van der Waals surface area contributed by atoms with Gasteiger partial charge in [-0.1, -0.05) is 0 Å². The molecule has 4 rings (SSSR count). The summed E-state index contributed by atoms with van der Waals surface area (Å²) in [5.74, 6) is -1.17. The van der Waals surface area contributed by atoms with Gasteiger partial charge in [0.2, 0.25) is 5.91 Å². The first-order chi connectivity index (χ1) is 13.0. The van der Waals surface area contributed by atoms with E-state index in [1.165, 1.54) is 11.3 Å². The molecule has 2 aliphatic rings. The molecular formula is C19H23N3O4S. The Labute approximate surface area is 160 Å². The topological polar surface area (TPSA) is 92.5 Å². The smallest absolute Gasteiger partial charge is 0.306 e. The van der Waals surface area contributed by atoms with E-state index in [-0.39, 0.29) is 23.8 Å². The van der Waals surface area contributed by atoms with Crippen LogP contribution in [0.25, 0.3) is 10.2 Å². The molecule has 2 aromatic heterocycles. The zero-order valence-electron chi connectivity index (χ0n) is 15.1. The van der Waals surface area contributed by atoms with Gasteiger partial charge in [0.1, 0.15) is 4.83 Å². The first-order valence-corrected chi connectivity index (χ1v) is 10.4. The minimum absolute atomic E-state index is 0.0295. The lowest BCUT2D eigenvalue weighted by Gasteiger charge is -2.30. The molecule has 144 valence electrons. The highest BCUT2D eigenvalue weighted by Crippen LogP contribution is 2.33. The molecule has 2 aromatic rings. The summed E-state index contributed by atoms with van der Waals surface area (Å²) >= 11 is 1.62. The van der Waals surface area contributed by atoms with Crippen molar-refractivity contribution >= 4 is 33.4 Å². The van der Waals surface area contributed by atoms with E-state index in [0.29, 0.717) is 32.5 Å². The van der Waals surface area contributed by atoms with Crippen LogP contribution in [-0.2, 0) is 29.0 Å². The first kappa shape index (κ1) is 18.2. The van der Waals surface area contributed by atoms with Gasteiger partial charge in [0.15, 0.2) is 0 Å². The number of carboxylic acid groups (broad SMARTS) is 1. The van der Waals surface area contributed by atoms with E-state index < -0.39 is 5.97 Å². The highest BCUT2D eigenvalue weighted by atomic mass is 32.1. The van der Waals surface area contributed by atoms with E-state index in [1.807, 2.05) is 0 Å². The van der Waals surface area contributed by atoms with Gasteiger partial charge in [-0.3, -0.25) is 19.0 Å². The van der Waals surface area contributed by atoms with E-state index in [0.717, 1.165) is 35.0 Å². The zero-order chi connectivity index (χ0) is 19.0. The summed E-state index contributed by atoms with van der Waals surface area (Å²) < 4.78 is 1.55. The van der Waals surface area contributed by atoms with Crippen LogP contribution in [0.2, 0.25) is 0 Å². The number of nitrogens with zero attached hydrogens (tertiary/aromatic N) is 3. The Balaban J connectivity index is 1.45. The normalized spacial score (nSPS) is 17.9. The Hall–Kier alpha value is -2.22. The molecule has 3 heterocycles. The van der Waals surface area contributed by atoms with Crippen LogP contribution < -0.4 is 5.56 Å². The largest absolute Gasteiger partial charge is 0.481 e. The summed E-state index contributed by atoms with van der Waals surface area (Å²) in [5.41, 5.74) is 1.12. The molecule has 0 atom stereocenters. The molecule has 27 heavy (non-hydrogen) atoms. The highest BCUT2D eigenvalue weighted by molar-refractivity contribution is 7.18. The van der Waals surface area contributed by atoms with Gasteiger partial charge in [0.25, 0.3) is 5.56 Å². The molecule has 1 aliphatic carbocycles. The van der Waals surface area contributed by atoms with Gasteiger partial charge < -0.3 is 10.0 Å². The van der Waals surface area contributed by atoms with Crippen LogP contribution in [0.3, 0.4) is 0 Å². The lowest BCUT2D eigenvalue weighted by Crippen LogP contribution is -2.40. The number of hydrogen-bond donors (Lipinski definition) is 1. The fourth-order valence-electron chi connectivity index (χ4n) is 4.09. The molecule has 0 saturated carbocycles. The van der Waals surface area contributed by atoms with Crippen molar-refractivity contribution in [2.75, 3.05) is 13.1 Å². The third-order valence-corrected chi connectivity index (χ3v) is 6.91. The van der Waals surface area contributed by atoms with Gasteiger partial charge in [-0.15, -0.1) is 11.3 Å². The van der Waals surface area contributed by atoms with E-state index in [1.54, 1.807) is 27.1 Å². The number of piperidine rings is 1. The second kappa shape index (κ2) is 7.42. The van der Waals surface area contributed by atoms with Crippen LogP contribution in [0.1, 0.15) is 42.5 Å². The van der Waals surface area contributed by atoms with Crippen LogP contribution in [-0.4, -0.2) is 44.5 Å². The van der Waals surface area contributed by atoms with Gasteiger partial charge in [0.05, 0.1) is 17.6 Å². The van der Waals surface area contributed by atoms with Crippen molar-refractivity contribution in [2.24, 2.45) is 5.92 Å². The van der Waals surface area contributed by atoms with Crippen molar-refractivity contribution < 1.29 is 14.7 Å². The number of aryl methyl sites for hydroxylation is 3. The quantitative estimate of drug-likeness (QED) is 0.864. The van der Waals surface area contributed by atoms with Gasteiger partial charge in [-0.25, -0.2) is 4.98 Å². The molecule has 0 radical (unpaired) electrons. The SMILES string of the molecule is O=C(O)C1CCN(C(=O)CCn2cnc3sc4c(c3c2=O)CCCC4)CC1. The number of carbonyl (C=O) groups excluding carboxylic acids is 1. The van der Waals surface area contributed by atoms with Crippen molar-refractivity contribution in [1.29, 1.82) is 0 Å². The number of aliphatic carboxylic acids is 1. The molecule has 1 aliphatic heterocycles. The summed E-state index contributed by atoms with van der Waals surface area (Å²) in [7, 11) is 0. The predicted molar refractivity (Wildman–Crippen MR) is 102 cm³/mol. The number of fused-ring (bicyclic) bond motifs is 3. The maximum absolute atomic E-state index is 12.9. The molecule has 1 saturated heterocycles. The van der Waals surface area contributed by atoms with E-state index in [4.69, 9.17) is 5.11 Å². The zero-order valence-corrected chi connectivity index (χ0v) is 16.0. The van der Waals surface area contributed by atoms with E-state index in [2.05, 4.69) is 4.98 Å². The summed E-state index contributed by atoms with van der Waals surface area (Å²) in [5, 5.41) is 9.79. The molecule has 8 heteroatoms. The summed E-state index contributed by atoms with van der Waals surface area (Å²) in [4.78, 5) is 44.6. The van der Waals surface area contributed by atoms with E-state index >= 15 is 0 Å². The second-order valence-corrected chi connectivity index (χ2v) is 8.46. The highest BCUT2D eigenvalue weighted by Gasteiger charge is 2.27. The van der Waals surface area contributed by atoms with Gasteiger partial charge in [-0.2, -0.15) is 0 Å². The maximum atomic E-state index is 12.9. The fourth-order valence-corrected chi connectivity index (χ4v) is 5.31. The molecule has 1 fully saturated rings. The molecule has 0 aromatic carbocycles. The Morgan fingerprint density at radius 3 is 2.70 bits per heavy atom. The van der Waals surface area contributed by atoms with Crippen LogP contribution >= 0.6 is 11.3 Å². The van der Waals surface area contributed by atoms with Crippen molar-refractivity contribution in [2.45, 2.75) is 51.5 Å². The van der Waals surface area contributed by atoms with Crippen molar-refractivity contribution in [3.05, 3.63) is 27.1 Å². The number of hydrogen-bond acceptors (Lipinski definition) is 5. The first-order valence-electron chi connectivity index (χ1n) is 9.55. The monoisotopic (exact) mass is 389 g/mol. The number of amides is 1. The maximum Gasteiger partial charge on any atom is 0.306 e. The van der Waals surface area contributed by atoms with Crippen LogP contribution in [0, 0.1) is 5.92 Å². The molecule has 0 spiro atoms. The fraction of sp³-hybridized carbons (Fsp3) is 0.579. The predicted octanol–water partition coefficient (Wildman–Crippen LogP) is 2.05. The molecular weight excluding hydrogens is 366 g/mol. The van der Waals surface area contributed by atoms with Gasteiger partial charge >= 0.3 is 5.97 Å². The van der Waals surface area contributed by atoms with Crippen molar-refractivity contribution in [3.8, 4) is 0 Å². The van der Waals surface area contributed by atoms with E-state index in [9.17, 15) is 14.4 Å². The second-order valence-electron chi connectivity index (χ2n) is 7.38. The summed E-state index contributed by atoms with van der Waals surface area (Å²) in [6, 6.07) is 0. The van der Waals surface area contributed by atoms with Gasteiger partial charge in [-0.05, 0) is 44.1 Å². The minimum atomic E-state index is -0.785. The lowest BCUT2D eigenvalue weighted by molar-refractivity contribution is -0.145. The number of thiophene rings is 1. The average Bonchev–Trinajstić information content (AvgIpc) is 3.06. The molecule has 7 nitrogen and oxygen atoms in total. The number of carbonyl (C=O) groups is 2. The Kier molecular flexibility index (Phi) is 4.99. The molecule has 1 amide bonds. The number of rotatable bonds is 4. The Morgan fingerprint density at radius 1 is 1.22 bits per heavy atom. The Bertz CT molecular complexity index is 940. The molecule has 0 bridgehead atoms. The Morgan fingerprint density at radius 2 is 1.96 bits per heavy atom.